The molecule has 102 valence electrons. The van der Waals surface area contributed by atoms with Gasteiger partial charge < -0.3 is 9.88 Å². The van der Waals surface area contributed by atoms with Crippen molar-refractivity contribution >= 4 is 16.9 Å². The van der Waals surface area contributed by atoms with E-state index in [0.717, 1.165) is 22.4 Å². The van der Waals surface area contributed by atoms with Crippen LogP contribution in [0.25, 0.3) is 11.0 Å². The predicted molar refractivity (Wildman–Crippen MR) is 77.0 cm³/mol. The summed E-state index contributed by atoms with van der Waals surface area (Å²) < 4.78 is 2.23. The lowest BCUT2D eigenvalue weighted by Crippen LogP contribution is -2.21. The Morgan fingerprint density at radius 2 is 2.16 bits per heavy atom. The number of carbonyl (C=O) groups is 1. The Hall–Kier alpha value is -1.84. The molecule has 0 saturated heterocycles. The van der Waals surface area contributed by atoms with E-state index in [-0.39, 0.29) is 5.91 Å². The van der Waals surface area contributed by atoms with Crippen molar-refractivity contribution in [2.24, 2.45) is 0 Å². The van der Waals surface area contributed by atoms with Crippen LogP contribution in [-0.4, -0.2) is 15.5 Å². The fourth-order valence-electron chi connectivity index (χ4n) is 2.35. The van der Waals surface area contributed by atoms with Crippen LogP contribution >= 0.6 is 0 Å². The van der Waals surface area contributed by atoms with Crippen molar-refractivity contribution in [3.05, 3.63) is 29.6 Å². The van der Waals surface area contributed by atoms with Crippen LogP contribution in [0.5, 0.6) is 0 Å². The van der Waals surface area contributed by atoms with E-state index in [0.29, 0.717) is 19.0 Å². The van der Waals surface area contributed by atoms with Crippen molar-refractivity contribution < 1.29 is 4.79 Å². The average Bonchev–Trinajstić information content (AvgIpc) is 2.70. The maximum atomic E-state index is 11.3. The van der Waals surface area contributed by atoms with Crippen LogP contribution in [0, 0.1) is 6.92 Å². The van der Waals surface area contributed by atoms with Gasteiger partial charge in [0, 0.05) is 19.0 Å². The number of aromatic nitrogens is 2. The van der Waals surface area contributed by atoms with E-state index in [9.17, 15) is 4.79 Å². The summed E-state index contributed by atoms with van der Waals surface area (Å²) in [6.07, 6.45) is 0.517. The lowest BCUT2D eigenvalue weighted by atomic mass is 10.2. The third-order valence-corrected chi connectivity index (χ3v) is 3.26. The first-order valence-electron chi connectivity index (χ1n) is 6.77. The third-order valence-electron chi connectivity index (χ3n) is 3.26. The summed E-state index contributed by atoms with van der Waals surface area (Å²) in [5, 5.41) is 2.88. The van der Waals surface area contributed by atoms with Gasteiger partial charge in [0.1, 0.15) is 5.82 Å². The number of aryl methyl sites for hydroxylation is 1. The van der Waals surface area contributed by atoms with E-state index in [4.69, 9.17) is 0 Å². The second-order valence-electron chi connectivity index (χ2n) is 5.08. The molecule has 0 fully saturated rings. The van der Waals surface area contributed by atoms with Crippen molar-refractivity contribution in [3.63, 3.8) is 0 Å². The highest BCUT2D eigenvalue weighted by Crippen LogP contribution is 2.21. The van der Waals surface area contributed by atoms with Crippen molar-refractivity contribution in [1.29, 1.82) is 0 Å². The molecule has 0 aliphatic carbocycles. The number of hydrogen-bond donors (Lipinski definition) is 1. The number of rotatable bonds is 4. The zero-order valence-electron chi connectivity index (χ0n) is 12.0. The maximum absolute atomic E-state index is 11.3. The number of nitrogens with zero attached hydrogens (tertiary/aromatic N) is 2. The topological polar surface area (TPSA) is 46.9 Å². The van der Waals surface area contributed by atoms with Gasteiger partial charge in [0.05, 0.1) is 11.0 Å². The molecule has 0 radical (unpaired) electrons. The molecule has 4 nitrogen and oxygen atoms in total. The molecular formula is C15H21N3O. The fraction of sp³-hybridized carbons (Fsp3) is 0.467. The molecule has 0 saturated carbocycles. The van der Waals surface area contributed by atoms with Crippen molar-refractivity contribution in [1.82, 2.24) is 14.9 Å². The summed E-state index contributed by atoms with van der Waals surface area (Å²) in [6.45, 7) is 8.76. The second-order valence-corrected chi connectivity index (χ2v) is 5.08. The molecule has 1 aromatic carbocycles. The van der Waals surface area contributed by atoms with Crippen LogP contribution in [0.15, 0.2) is 18.2 Å². The monoisotopic (exact) mass is 259 g/mol. The van der Waals surface area contributed by atoms with Crippen LogP contribution in [0.1, 0.15) is 44.6 Å². The summed E-state index contributed by atoms with van der Waals surface area (Å²) in [5.74, 6) is 1.10. The molecule has 1 N–H and O–H groups in total. The van der Waals surface area contributed by atoms with Gasteiger partial charge in [-0.2, -0.15) is 0 Å². The summed E-state index contributed by atoms with van der Waals surface area (Å²) in [4.78, 5) is 15.9. The first-order valence-corrected chi connectivity index (χ1v) is 6.77. The number of carbonyl (C=O) groups excluding carboxylic acids is 1. The molecule has 0 spiro atoms. The molecule has 0 atom stereocenters. The number of hydrogen-bond acceptors (Lipinski definition) is 2. The number of imidazole rings is 1. The van der Waals surface area contributed by atoms with Crippen LogP contribution in [0.3, 0.4) is 0 Å². The molecule has 2 rings (SSSR count). The molecule has 1 heterocycles. The normalized spacial score (nSPS) is 11.2. The summed E-state index contributed by atoms with van der Waals surface area (Å²) in [6, 6.07) is 6.59. The Bertz CT molecular complexity index is 599. The van der Waals surface area contributed by atoms with Gasteiger partial charge >= 0.3 is 0 Å². The Morgan fingerprint density at radius 3 is 2.79 bits per heavy atom. The Balaban J connectivity index is 2.29. The average molecular weight is 259 g/mol. The van der Waals surface area contributed by atoms with E-state index in [2.05, 4.69) is 46.9 Å². The minimum Gasteiger partial charge on any atom is -0.352 e. The van der Waals surface area contributed by atoms with Crippen LogP contribution in [0.4, 0.5) is 0 Å². The van der Waals surface area contributed by atoms with Gasteiger partial charge in [0.2, 0.25) is 5.91 Å². The van der Waals surface area contributed by atoms with Gasteiger partial charge in [-0.05, 0) is 38.5 Å². The predicted octanol–water partition coefficient (Wildman–Crippen LogP) is 2.95. The number of benzene rings is 1. The quantitative estimate of drug-likeness (QED) is 0.917. The number of amides is 1. The van der Waals surface area contributed by atoms with Crippen molar-refractivity contribution in [2.45, 2.75) is 46.7 Å². The molecule has 0 aliphatic heterocycles. The second kappa shape index (κ2) is 5.43. The van der Waals surface area contributed by atoms with Gasteiger partial charge in [0.15, 0.2) is 0 Å². The highest BCUT2D eigenvalue weighted by molar-refractivity contribution is 5.78. The van der Waals surface area contributed by atoms with Crippen molar-refractivity contribution in [3.8, 4) is 0 Å². The zero-order valence-corrected chi connectivity index (χ0v) is 12.0. The highest BCUT2D eigenvalue weighted by Gasteiger charge is 2.10. The molecule has 0 aliphatic rings. The summed E-state index contributed by atoms with van der Waals surface area (Å²) >= 11 is 0. The standard InChI is InChI=1S/C15H21N3O/c1-5-15(19)16-9-12-6-7-14-13(8-12)17-11(4)18(14)10(2)3/h6-8,10H,5,9H2,1-4H3,(H,16,19). The highest BCUT2D eigenvalue weighted by atomic mass is 16.1. The third kappa shape index (κ3) is 2.78. The SMILES string of the molecule is CCC(=O)NCc1ccc2c(c1)nc(C)n2C(C)C. The Morgan fingerprint density at radius 1 is 1.42 bits per heavy atom. The molecule has 19 heavy (non-hydrogen) atoms. The maximum Gasteiger partial charge on any atom is 0.219 e. The smallest absolute Gasteiger partial charge is 0.219 e. The van der Waals surface area contributed by atoms with Crippen molar-refractivity contribution in [2.75, 3.05) is 0 Å². The van der Waals surface area contributed by atoms with E-state index < -0.39 is 0 Å². The zero-order chi connectivity index (χ0) is 14.0. The van der Waals surface area contributed by atoms with E-state index in [1.807, 2.05) is 13.8 Å². The van der Waals surface area contributed by atoms with Crippen LogP contribution < -0.4 is 5.32 Å². The first-order chi connectivity index (χ1) is 9.02. The lowest BCUT2D eigenvalue weighted by molar-refractivity contribution is -0.120. The molecular weight excluding hydrogens is 238 g/mol. The van der Waals surface area contributed by atoms with Gasteiger partial charge in [-0.3, -0.25) is 4.79 Å². The number of fused-ring (bicyclic) bond motifs is 1. The Kier molecular flexibility index (Phi) is 3.88. The van der Waals surface area contributed by atoms with Gasteiger partial charge in [-0.25, -0.2) is 4.98 Å². The van der Waals surface area contributed by atoms with E-state index in [1.54, 1.807) is 0 Å². The molecule has 0 bridgehead atoms. The summed E-state index contributed by atoms with van der Waals surface area (Å²) in [5.41, 5.74) is 3.23. The Labute approximate surface area is 113 Å². The minimum absolute atomic E-state index is 0.0731. The first kappa shape index (κ1) is 13.6. The molecule has 4 heteroatoms. The lowest BCUT2D eigenvalue weighted by Gasteiger charge is -2.10. The summed E-state index contributed by atoms with van der Waals surface area (Å²) in [7, 11) is 0. The fourth-order valence-corrected chi connectivity index (χ4v) is 2.35. The van der Waals surface area contributed by atoms with Gasteiger partial charge in [-0.1, -0.05) is 13.0 Å². The number of nitrogens with one attached hydrogen (secondary N) is 1. The molecule has 1 amide bonds. The molecule has 0 unspecified atom stereocenters. The largest absolute Gasteiger partial charge is 0.352 e. The molecule has 1 aromatic heterocycles. The van der Waals surface area contributed by atoms with Gasteiger partial charge in [-0.15, -0.1) is 0 Å². The van der Waals surface area contributed by atoms with Crippen LogP contribution in [0.2, 0.25) is 0 Å². The van der Waals surface area contributed by atoms with E-state index in [1.165, 1.54) is 0 Å². The van der Waals surface area contributed by atoms with E-state index >= 15 is 0 Å². The minimum atomic E-state index is 0.0731. The van der Waals surface area contributed by atoms with Gasteiger partial charge in [0.25, 0.3) is 0 Å². The molecule has 2 aromatic rings. The van der Waals surface area contributed by atoms with Crippen LogP contribution in [-0.2, 0) is 11.3 Å².